The van der Waals surface area contributed by atoms with Crippen LogP contribution in [0.25, 0.3) is 11.1 Å². The van der Waals surface area contributed by atoms with Crippen LogP contribution < -0.4 is 5.32 Å². The van der Waals surface area contributed by atoms with Crippen molar-refractivity contribution in [3.8, 4) is 11.1 Å². The summed E-state index contributed by atoms with van der Waals surface area (Å²) >= 11 is 0. The van der Waals surface area contributed by atoms with Gasteiger partial charge in [-0.25, -0.2) is 4.79 Å². The maximum absolute atomic E-state index is 13.3. The highest BCUT2D eigenvalue weighted by Crippen LogP contribution is 2.44. The van der Waals surface area contributed by atoms with E-state index >= 15 is 0 Å². The average Bonchev–Trinajstić information content (AvgIpc) is 3.18. The summed E-state index contributed by atoms with van der Waals surface area (Å²) in [6.45, 7) is 2.97. The zero-order valence-corrected chi connectivity index (χ0v) is 20.2. The Kier molecular flexibility index (Phi) is 8.06. The molecule has 7 heteroatoms. The van der Waals surface area contributed by atoms with Gasteiger partial charge in [0.05, 0.1) is 12.3 Å². The van der Waals surface area contributed by atoms with E-state index in [1.807, 2.05) is 31.2 Å². The lowest BCUT2D eigenvalue weighted by Crippen LogP contribution is -2.49. The van der Waals surface area contributed by atoms with Crippen LogP contribution in [0.2, 0.25) is 0 Å². The normalized spacial score (nSPS) is 17.9. The molecule has 2 N–H and O–H groups in total. The molecule has 7 nitrogen and oxygen atoms in total. The van der Waals surface area contributed by atoms with Crippen molar-refractivity contribution in [3.05, 3.63) is 59.7 Å². The molecule has 0 saturated carbocycles. The lowest BCUT2D eigenvalue weighted by atomic mass is 9.95. The molecule has 2 aliphatic rings. The van der Waals surface area contributed by atoms with Gasteiger partial charge in [0.2, 0.25) is 5.91 Å². The van der Waals surface area contributed by atoms with Crippen LogP contribution in [0, 0.1) is 5.92 Å². The number of aliphatic carboxylic acids is 1. The smallest absolute Gasteiger partial charge is 0.407 e. The first kappa shape index (κ1) is 24.8. The van der Waals surface area contributed by atoms with E-state index in [9.17, 15) is 19.5 Å². The number of hydrogen-bond donors (Lipinski definition) is 2. The van der Waals surface area contributed by atoms with Crippen LogP contribution in [-0.2, 0) is 14.3 Å². The number of hydrogen-bond acceptors (Lipinski definition) is 4. The van der Waals surface area contributed by atoms with Crippen LogP contribution in [0.15, 0.2) is 48.5 Å². The fraction of sp³-hybridized carbons (Fsp3) is 0.464. The molecule has 1 aliphatic heterocycles. The molecule has 0 aromatic heterocycles. The minimum Gasteiger partial charge on any atom is -0.481 e. The topological polar surface area (TPSA) is 95.9 Å². The molecule has 0 spiro atoms. The highest BCUT2D eigenvalue weighted by Gasteiger charge is 2.33. The standard InChI is InChI=1S/C28H34N2O5/c1-2-9-19(27(33)30-15-8-7-10-20(30)16-26(31)32)17-29-28(34)35-18-25-23-13-5-3-11-21(23)22-12-4-6-14-24(22)25/h3-6,11-14,19-20,25H,2,7-10,15-18H2,1H3,(H,29,34)(H,31,32). The van der Waals surface area contributed by atoms with Gasteiger partial charge in [0.1, 0.15) is 6.61 Å². The second-order valence-corrected chi connectivity index (χ2v) is 9.47. The number of carbonyl (C=O) groups excluding carboxylic acids is 2. The maximum atomic E-state index is 13.3. The third kappa shape index (κ3) is 5.66. The van der Waals surface area contributed by atoms with Crippen LogP contribution in [0.1, 0.15) is 62.5 Å². The molecule has 2 aromatic rings. The van der Waals surface area contributed by atoms with Gasteiger partial charge >= 0.3 is 12.1 Å². The molecule has 2 amide bonds. The number of carboxylic acid groups (broad SMARTS) is 1. The fourth-order valence-corrected chi connectivity index (χ4v) is 5.46. The Morgan fingerprint density at radius 3 is 2.34 bits per heavy atom. The van der Waals surface area contributed by atoms with E-state index in [1.165, 1.54) is 11.1 Å². The molecule has 1 heterocycles. The average molecular weight is 479 g/mol. The number of alkyl carbamates (subject to hydrolysis) is 1. The third-order valence-corrected chi connectivity index (χ3v) is 7.14. The molecule has 186 valence electrons. The number of carboxylic acids is 1. The molecular formula is C28H34N2O5. The monoisotopic (exact) mass is 478 g/mol. The number of benzene rings is 2. The number of piperidine rings is 1. The van der Waals surface area contributed by atoms with Crippen LogP contribution in [-0.4, -0.2) is 53.7 Å². The van der Waals surface area contributed by atoms with Crippen LogP contribution >= 0.6 is 0 Å². The molecular weight excluding hydrogens is 444 g/mol. The molecule has 35 heavy (non-hydrogen) atoms. The maximum Gasteiger partial charge on any atom is 0.407 e. The Hall–Kier alpha value is -3.35. The highest BCUT2D eigenvalue weighted by atomic mass is 16.5. The summed E-state index contributed by atoms with van der Waals surface area (Å²) in [5.74, 6) is -1.38. The highest BCUT2D eigenvalue weighted by molar-refractivity contribution is 5.81. The number of nitrogens with one attached hydrogen (secondary N) is 1. The predicted octanol–water partition coefficient (Wildman–Crippen LogP) is 4.80. The number of amides is 2. The third-order valence-electron chi connectivity index (χ3n) is 7.14. The second kappa shape index (κ2) is 11.4. The van der Waals surface area contributed by atoms with Crippen LogP contribution in [0.3, 0.4) is 0 Å². The van der Waals surface area contributed by atoms with Gasteiger partial charge < -0.3 is 20.1 Å². The van der Waals surface area contributed by atoms with E-state index < -0.39 is 18.0 Å². The van der Waals surface area contributed by atoms with Crippen molar-refractivity contribution in [2.45, 2.75) is 57.4 Å². The minimum absolute atomic E-state index is 0.0219. The van der Waals surface area contributed by atoms with E-state index in [4.69, 9.17) is 4.74 Å². The number of likely N-dealkylation sites (tertiary alicyclic amines) is 1. The van der Waals surface area contributed by atoms with Gasteiger partial charge in [-0.15, -0.1) is 0 Å². The van der Waals surface area contributed by atoms with Crippen molar-refractivity contribution < 1.29 is 24.2 Å². The molecule has 1 fully saturated rings. The Morgan fingerprint density at radius 1 is 1.06 bits per heavy atom. The first-order chi connectivity index (χ1) is 17.0. The van der Waals surface area contributed by atoms with E-state index in [2.05, 4.69) is 29.6 Å². The molecule has 2 aromatic carbocycles. The number of carbonyl (C=O) groups is 3. The Balaban J connectivity index is 1.35. The number of ether oxygens (including phenoxy) is 1. The molecule has 2 atom stereocenters. The SMILES string of the molecule is CCCC(CNC(=O)OCC1c2ccccc2-c2ccccc21)C(=O)N1CCCCC1CC(=O)O. The van der Waals surface area contributed by atoms with Gasteiger partial charge in [-0.3, -0.25) is 9.59 Å². The van der Waals surface area contributed by atoms with Gasteiger partial charge in [0, 0.05) is 25.0 Å². The molecule has 0 bridgehead atoms. The van der Waals surface area contributed by atoms with Crippen molar-refractivity contribution in [3.63, 3.8) is 0 Å². The minimum atomic E-state index is -0.890. The first-order valence-corrected chi connectivity index (χ1v) is 12.6. The predicted molar refractivity (Wildman–Crippen MR) is 133 cm³/mol. The summed E-state index contributed by atoms with van der Waals surface area (Å²) in [7, 11) is 0. The summed E-state index contributed by atoms with van der Waals surface area (Å²) in [5, 5.41) is 12.0. The van der Waals surface area contributed by atoms with Gasteiger partial charge in [0.25, 0.3) is 0 Å². The van der Waals surface area contributed by atoms with E-state index in [0.717, 1.165) is 30.4 Å². The van der Waals surface area contributed by atoms with E-state index in [0.29, 0.717) is 19.4 Å². The lowest BCUT2D eigenvalue weighted by molar-refractivity contribution is -0.144. The van der Waals surface area contributed by atoms with Gasteiger partial charge in [0.15, 0.2) is 0 Å². The lowest BCUT2D eigenvalue weighted by Gasteiger charge is -2.37. The molecule has 0 radical (unpaired) electrons. The Bertz CT molecular complexity index is 1020. The second-order valence-electron chi connectivity index (χ2n) is 9.47. The van der Waals surface area contributed by atoms with Gasteiger partial charge in [-0.05, 0) is 47.9 Å². The van der Waals surface area contributed by atoms with Gasteiger partial charge in [-0.2, -0.15) is 0 Å². The van der Waals surface area contributed by atoms with Crippen molar-refractivity contribution in [1.29, 1.82) is 0 Å². The number of rotatable bonds is 9. The van der Waals surface area contributed by atoms with Crippen LogP contribution in [0.4, 0.5) is 4.79 Å². The zero-order valence-electron chi connectivity index (χ0n) is 20.2. The van der Waals surface area contributed by atoms with Crippen molar-refractivity contribution >= 4 is 18.0 Å². The molecule has 1 aliphatic carbocycles. The Morgan fingerprint density at radius 2 is 1.71 bits per heavy atom. The largest absolute Gasteiger partial charge is 0.481 e. The fourth-order valence-electron chi connectivity index (χ4n) is 5.46. The van der Waals surface area contributed by atoms with Crippen molar-refractivity contribution in [2.24, 2.45) is 5.92 Å². The van der Waals surface area contributed by atoms with E-state index in [-0.39, 0.29) is 37.4 Å². The summed E-state index contributed by atoms with van der Waals surface area (Å²) in [6.07, 6.45) is 3.35. The summed E-state index contributed by atoms with van der Waals surface area (Å²) in [4.78, 5) is 38.9. The summed E-state index contributed by atoms with van der Waals surface area (Å²) < 4.78 is 5.61. The summed E-state index contributed by atoms with van der Waals surface area (Å²) in [5.41, 5.74) is 4.64. The number of fused-ring (bicyclic) bond motifs is 3. The van der Waals surface area contributed by atoms with Gasteiger partial charge in [-0.1, -0.05) is 61.9 Å². The number of nitrogens with zero attached hydrogens (tertiary/aromatic N) is 1. The molecule has 1 saturated heterocycles. The zero-order chi connectivity index (χ0) is 24.8. The van der Waals surface area contributed by atoms with E-state index in [1.54, 1.807) is 4.90 Å². The van der Waals surface area contributed by atoms with Crippen LogP contribution in [0.5, 0.6) is 0 Å². The molecule has 4 rings (SSSR count). The summed E-state index contributed by atoms with van der Waals surface area (Å²) in [6, 6.07) is 16.1. The quantitative estimate of drug-likeness (QED) is 0.540. The molecule has 2 unspecified atom stereocenters. The van der Waals surface area contributed by atoms with Crippen molar-refractivity contribution in [1.82, 2.24) is 10.2 Å². The van der Waals surface area contributed by atoms with Crippen molar-refractivity contribution in [2.75, 3.05) is 19.7 Å². The first-order valence-electron chi connectivity index (χ1n) is 12.6. The Labute approximate surface area is 206 Å².